The van der Waals surface area contributed by atoms with Crippen LogP contribution in [0.4, 0.5) is 0 Å². The lowest BCUT2D eigenvalue weighted by atomic mass is 9.96. The van der Waals surface area contributed by atoms with Crippen molar-refractivity contribution in [2.75, 3.05) is 33.8 Å². The number of benzene rings is 1. The molecule has 1 saturated heterocycles. The van der Waals surface area contributed by atoms with Crippen LogP contribution in [0.1, 0.15) is 37.4 Å². The standard InChI is InChI=1S/C25H31N3O4/c1-17(2)16-32-20-10-8-18(9-11-20)23(29)21-22(19-7-5-12-26-15-19)28(25(31)24(21)30)14-6-13-27(3)4/h5,7-12,15,17,22,29H,6,13-14,16H2,1-4H3/b23-21+. The number of pyridine rings is 1. The van der Waals surface area contributed by atoms with E-state index in [4.69, 9.17) is 4.74 Å². The van der Waals surface area contributed by atoms with Crippen LogP contribution in [-0.2, 0) is 9.59 Å². The Morgan fingerprint density at radius 3 is 2.50 bits per heavy atom. The van der Waals surface area contributed by atoms with Crippen LogP contribution in [0.25, 0.3) is 5.76 Å². The number of likely N-dealkylation sites (tertiary alicyclic amines) is 1. The zero-order valence-corrected chi connectivity index (χ0v) is 19.1. The van der Waals surface area contributed by atoms with E-state index < -0.39 is 23.5 Å². The summed E-state index contributed by atoms with van der Waals surface area (Å²) in [5, 5.41) is 13.4. The van der Waals surface area contributed by atoms with Gasteiger partial charge in [-0.25, -0.2) is 0 Å². The number of hydrogen-bond acceptors (Lipinski definition) is 5. The van der Waals surface area contributed by atoms with Crippen LogP contribution in [0, 0.1) is 5.92 Å². The molecule has 2 heterocycles. The lowest BCUT2D eigenvalue weighted by Crippen LogP contribution is -3.05. The van der Waals surface area contributed by atoms with E-state index >= 15 is 0 Å². The van der Waals surface area contributed by atoms with Crippen molar-refractivity contribution in [2.45, 2.75) is 26.3 Å². The number of nitrogens with zero attached hydrogens (tertiary/aromatic N) is 2. The van der Waals surface area contributed by atoms with Gasteiger partial charge in [-0.15, -0.1) is 0 Å². The highest BCUT2D eigenvalue weighted by molar-refractivity contribution is 6.46. The van der Waals surface area contributed by atoms with Crippen LogP contribution < -0.4 is 14.7 Å². The van der Waals surface area contributed by atoms with Crippen molar-refractivity contribution in [1.82, 2.24) is 9.88 Å². The average Bonchev–Trinajstić information content (AvgIpc) is 3.03. The van der Waals surface area contributed by atoms with Crippen molar-refractivity contribution in [3.63, 3.8) is 0 Å². The van der Waals surface area contributed by atoms with Gasteiger partial charge in [0.2, 0.25) is 5.78 Å². The fraction of sp³-hybridized carbons (Fsp3) is 0.400. The number of carbonyl (C=O) groups excluding carboxylic acids is 2. The number of quaternary nitrogens is 1. The van der Waals surface area contributed by atoms with Gasteiger partial charge in [0.15, 0.2) is 0 Å². The molecule has 1 fully saturated rings. The maximum Gasteiger partial charge on any atom is 0.295 e. The average molecular weight is 438 g/mol. The summed E-state index contributed by atoms with van der Waals surface area (Å²) < 4.78 is 5.68. The third kappa shape index (κ3) is 5.34. The predicted octanol–water partition coefficient (Wildman–Crippen LogP) is 0.875. The maximum absolute atomic E-state index is 13.4. The highest BCUT2D eigenvalue weighted by atomic mass is 16.5. The summed E-state index contributed by atoms with van der Waals surface area (Å²) in [6, 6.07) is 9.52. The molecule has 1 N–H and O–H groups in total. The summed E-state index contributed by atoms with van der Waals surface area (Å²) in [6.07, 6.45) is 3.96. The Hall–Kier alpha value is -3.19. The van der Waals surface area contributed by atoms with Gasteiger partial charge in [-0.1, -0.05) is 37.8 Å². The summed E-state index contributed by atoms with van der Waals surface area (Å²) in [6.45, 7) is 5.93. The minimum atomic E-state index is -0.735. The van der Waals surface area contributed by atoms with E-state index in [0.717, 1.165) is 13.0 Å². The first-order valence-corrected chi connectivity index (χ1v) is 11.0. The molecule has 0 aliphatic carbocycles. The van der Waals surface area contributed by atoms with Gasteiger partial charge < -0.3 is 19.6 Å². The summed E-state index contributed by atoms with van der Waals surface area (Å²) in [4.78, 5) is 32.7. The zero-order valence-electron chi connectivity index (χ0n) is 19.1. The molecule has 7 nitrogen and oxygen atoms in total. The molecule has 1 aliphatic rings. The molecule has 0 spiro atoms. The highest BCUT2D eigenvalue weighted by Gasteiger charge is 2.44. The summed E-state index contributed by atoms with van der Waals surface area (Å²) in [5.41, 5.74) is 0.992. The molecular formula is C25H31N3O4. The number of amides is 1. The molecule has 1 atom stereocenters. The molecule has 1 aliphatic heterocycles. The molecule has 1 unspecified atom stereocenters. The van der Waals surface area contributed by atoms with Crippen molar-refractivity contribution in [3.8, 4) is 5.75 Å². The van der Waals surface area contributed by atoms with Crippen molar-refractivity contribution in [3.05, 3.63) is 65.5 Å². The molecule has 1 aromatic heterocycles. The van der Waals surface area contributed by atoms with Crippen LogP contribution in [-0.4, -0.2) is 55.4 Å². The van der Waals surface area contributed by atoms with E-state index in [2.05, 4.69) is 18.8 Å². The number of carbonyl (C=O) groups is 2. The van der Waals surface area contributed by atoms with E-state index in [1.54, 1.807) is 48.8 Å². The van der Waals surface area contributed by atoms with Crippen molar-refractivity contribution in [2.24, 2.45) is 5.92 Å². The monoisotopic (exact) mass is 437 g/mol. The first-order valence-electron chi connectivity index (χ1n) is 11.0. The van der Waals surface area contributed by atoms with E-state index in [1.165, 1.54) is 9.80 Å². The van der Waals surface area contributed by atoms with Gasteiger partial charge in [0.05, 0.1) is 33.3 Å². The van der Waals surface area contributed by atoms with Gasteiger partial charge in [-0.2, -0.15) is 0 Å². The highest BCUT2D eigenvalue weighted by Crippen LogP contribution is 2.38. The molecule has 0 saturated carbocycles. The van der Waals surface area contributed by atoms with E-state index in [0.29, 0.717) is 35.9 Å². The Kier molecular flexibility index (Phi) is 7.64. The number of hydrogen-bond donors (Lipinski definition) is 1. The Bertz CT molecular complexity index is 968. The molecule has 1 amide bonds. The van der Waals surface area contributed by atoms with Crippen molar-refractivity contribution < 1.29 is 24.3 Å². The third-order valence-corrected chi connectivity index (χ3v) is 5.31. The fourth-order valence-corrected chi connectivity index (χ4v) is 3.71. The van der Waals surface area contributed by atoms with Crippen LogP contribution in [0.3, 0.4) is 0 Å². The zero-order chi connectivity index (χ0) is 23.3. The molecule has 3 rings (SSSR count). The van der Waals surface area contributed by atoms with Crippen molar-refractivity contribution in [1.29, 1.82) is 0 Å². The molecule has 0 bridgehead atoms. The number of ether oxygens (including phenoxy) is 1. The van der Waals surface area contributed by atoms with Gasteiger partial charge in [-0.05, 0) is 35.2 Å². The van der Waals surface area contributed by atoms with Crippen LogP contribution in [0.2, 0.25) is 0 Å². The Morgan fingerprint density at radius 2 is 1.91 bits per heavy atom. The molecule has 2 aromatic rings. The third-order valence-electron chi connectivity index (χ3n) is 5.31. The van der Waals surface area contributed by atoms with E-state index in [9.17, 15) is 14.7 Å². The SMILES string of the molecule is CC(C)COc1ccc(/C([O-])=C2\C(=O)C(=O)N(CCC[NH+](C)C)C2c2cccnc2)cc1. The minimum Gasteiger partial charge on any atom is -0.872 e. The van der Waals surface area contributed by atoms with E-state index in [1.807, 2.05) is 14.1 Å². The normalized spacial score (nSPS) is 18.1. The second-order valence-electron chi connectivity index (χ2n) is 8.80. The van der Waals surface area contributed by atoms with Crippen LogP contribution in [0.5, 0.6) is 5.75 Å². The lowest BCUT2D eigenvalue weighted by molar-refractivity contribution is -0.858. The van der Waals surface area contributed by atoms with Gasteiger partial charge >= 0.3 is 0 Å². The summed E-state index contributed by atoms with van der Waals surface area (Å²) in [5.74, 6) is -0.762. The van der Waals surface area contributed by atoms with Gasteiger partial charge in [0.25, 0.3) is 5.91 Å². The number of Topliss-reactive ketones (excluding diaryl/α,β-unsaturated/α-hetero) is 1. The van der Waals surface area contributed by atoms with Crippen molar-refractivity contribution >= 4 is 17.4 Å². The van der Waals surface area contributed by atoms with Gasteiger partial charge in [-0.3, -0.25) is 14.6 Å². The predicted molar refractivity (Wildman–Crippen MR) is 120 cm³/mol. The molecule has 170 valence electrons. The van der Waals surface area contributed by atoms with Gasteiger partial charge in [0.1, 0.15) is 5.75 Å². The van der Waals surface area contributed by atoms with Crippen LogP contribution >= 0.6 is 0 Å². The molecule has 7 heteroatoms. The number of nitrogens with one attached hydrogen (secondary N) is 1. The second-order valence-corrected chi connectivity index (χ2v) is 8.80. The largest absolute Gasteiger partial charge is 0.872 e. The number of aromatic nitrogens is 1. The molecule has 0 radical (unpaired) electrons. The first-order chi connectivity index (χ1) is 15.3. The van der Waals surface area contributed by atoms with E-state index in [-0.39, 0.29) is 5.57 Å². The maximum atomic E-state index is 13.4. The van der Waals surface area contributed by atoms with Crippen LogP contribution in [0.15, 0.2) is 54.4 Å². The second kappa shape index (κ2) is 10.4. The Balaban J connectivity index is 1.96. The number of rotatable bonds is 9. The lowest BCUT2D eigenvalue weighted by Gasteiger charge is -2.27. The summed E-state index contributed by atoms with van der Waals surface area (Å²) in [7, 11) is 4.07. The Labute approximate surface area is 189 Å². The fourth-order valence-electron chi connectivity index (χ4n) is 3.71. The minimum absolute atomic E-state index is 0.0175. The quantitative estimate of drug-likeness (QED) is 0.358. The Morgan fingerprint density at radius 1 is 1.19 bits per heavy atom. The molecular weight excluding hydrogens is 406 g/mol. The van der Waals surface area contributed by atoms with Gasteiger partial charge in [0, 0.05) is 30.9 Å². The topological polar surface area (TPSA) is 87.0 Å². The summed E-state index contributed by atoms with van der Waals surface area (Å²) >= 11 is 0. The molecule has 1 aromatic carbocycles. The first kappa shape index (κ1) is 23.5. The smallest absolute Gasteiger partial charge is 0.295 e. The number of ketones is 1. The molecule has 32 heavy (non-hydrogen) atoms.